The molecule has 3 rings (SSSR count). The van der Waals surface area contributed by atoms with Gasteiger partial charge in [-0.3, -0.25) is 4.90 Å². The first-order chi connectivity index (χ1) is 9.70. The standard InChI is InChI=1S/C17H27N3/c1-13-4-3-5-16(14(13)2)19-8-10-20(11-9-19)17-7-6-15(17)12-18/h3-5,15,17H,6-12,18H2,1-2H3. The largest absolute Gasteiger partial charge is 0.369 e. The molecular weight excluding hydrogens is 246 g/mol. The van der Waals surface area contributed by atoms with E-state index < -0.39 is 0 Å². The summed E-state index contributed by atoms with van der Waals surface area (Å²) < 4.78 is 0. The second-order valence-electron chi connectivity index (χ2n) is 6.38. The van der Waals surface area contributed by atoms with Gasteiger partial charge in [0, 0.05) is 37.9 Å². The zero-order valence-electron chi connectivity index (χ0n) is 12.8. The van der Waals surface area contributed by atoms with Gasteiger partial charge in [0.05, 0.1) is 0 Å². The number of hydrogen-bond donors (Lipinski definition) is 1. The van der Waals surface area contributed by atoms with E-state index in [9.17, 15) is 0 Å². The normalized spacial score (nSPS) is 27.4. The number of nitrogens with two attached hydrogens (primary N) is 1. The highest BCUT2D eigenvalue weighted by molar-refractivity contribution is 5.56. The fourth-order valence-corrected chi connectivity index (χ4v) is 3.68. The molecule has 1 aliphatic heterocycles. The van der Waals surface area contributed by atoms with Gasteiger partial charge in [0.15, 0.2) is 0 Å². The third-order valence-electron chi connectivity index (χ3n) is 5.38. The third-order valence-corrected chi connectivity index (χ3v) is 5.38. The Morgan fingerprint density at radius 2 is 1.85 bits per heavy atom. The highest BCUT2D eigenvalue weighted by atomic mass is 15.3. The minimum atomic E-state index is 0.752. The molecule has 2 atom stereocenters. The van der Waals surface area contributed by atoms with E-state index in [0.717, 1.165) is 31.6 Å². The second kappa shape index (κ2) is 5.74. The highest BCUT2D eigenvalue weighted by Gasteiger charge is 2.35. The van der Waals surface area contributed by atoms with Crippen LogP contribution in [0.4, 0.5) is 5.69 Å². The fourth-order valence-electron chi connectivity index (χ4n) is 3.68. The van der Waals surface area contributed by atoms with Crippen LogP contribution in [-0.4, -0.2) is 43.7 Å². The average Bonchev–Trinajstić information content (AvgIpc) is 2.42. The molecule has 2 aliphatic rings. The molecule has 1 aromatic rings. The number of rotatable bonds is 3. The first kappa shape index (κ1) is 13.9. The quantitative estimate of drug-likeness (QED) is 0.916. The van der Waals surface area contributed by atoms with Crippen LogP contribution < -0.4 is 10.6 Å². The molecule has 0 spiro atoms. The van der Waals surface area contributed by atoms with Crippen molar-refractivity contribution in [3.05, 3.63) is 29.3 Å². The van der Waals surface area contributed by atoms with Gasteiger partial charge in [0.1, 0.15) is 0 Å². The Bertz CT molecular complexity index is 461. The van der Waals surface area contributed by atoms with E-state index >= 15 is 0 Å². The molecule has 3 heteroatoms. The smallest absolute Gasteiger partial charge is 0.0399 e. The Kier molecular flexibility index (Phi) is 3.99. The van der Waals surface area contributed by atoms with Gasteiger partial charge in [-0.1, -0.05) is 12.1 Å². The molecule has 1 saturated carbocycles. The van der Waals surface area contributed by atoms with Gasteiger partial charge in [-0.05, 0) is 56.3 Å². The summed E-state index contributed by atoms with van der Waals surface area (Å²) in [5.41, 5.74) is 10.1. The van der Waals surface area contributed by atoms with Crippen LogP contribution in [-0.2, 0) is 0 Å². The minimum Gasteiger partial charge on any atom is -0.369 e. The van der Waals surface area contributed by atoms with Crippen LogP contribution in [0, 0.1) is 19.8 Å². The number of piperazine rings is 1. The maximum atomic E-state index is 5.85. The van der Waals surface area contributed by atoms with E-state index in [0.29, 0.717) is 0 Å². The monoisotopic (exact) mass is 273 g/mol. The average molecular weight is 273 g/mol. The summed E-state index contributed by atoms with van der Waals surface area (Å²) in [5, 5.41) is 0. The van der Waals surface area contributed by atoms with Gasteiger partial charge in [0.2, 0.25) is 0 Å². The number of anilines is 1. The Balaban J connectivity index is 1.62. The van der Waals surface area contributed by atoms with Gasteiger partial charge >= 0.3 is 0 Å². The molecule has 2 N–H and O–H groups in total. The molecule has 1 aromatic carbocycles. The van der Waals surface area contributed by atoms with Crippen molar-refractivity contribution in [3.63, 3.8) is 0 Å². The molecule has 3 nitrogen and oxygen atoms in total. The van der Waals surface area contributed by atoms with Crippen molar-refractivity contribution < 1.29 is 0 Å². The lowest BCUT2D eigenvalue weighted by atomic mass is 9.78. The van der Waals surface area contributed by atoms with Crippen molar-refractivity contribution in [1.82, 2.24) is 4.90 Å². The van der Waals surface area contributed by atoms with E-state index in [4.69, 9.17) is 5.73 Å². The Morgan fingerprint density at radius 3 is 2.45 bits per heavy atom. The minimum absolute atomic E-state index is 0.752. The van der Waals surface area contributed by atoms with Crippen LogP contribution in [0.5, 0.6) is 0 Å². The maximum absolute atomic E-state index is 5.85. The van der Waals surface area contributed by atoms with Gasteiger partial charge in [-0.2, -0.15) is 0 Å². The van der Waals surface area contributed by atoms with Crippen molar-refractivity contribution in [2.24, 2.45) is 11.7 Å². The first-order valence-corrected chi connectivity index (χ1v) is 7.96. The Morgan fingerprint density at radius 1 is 1.10 bits per heavy atom. The Hall–Kier alpha value is -1.06. The number of aryl methyl sites for hydroxylation is 1. The summed E-state index contributed by atoms with van der Waals surface area (Å²) in [6.07, 6.45) is 2.68. The van der Waals surface area contributed by atoms with Crippen molar-refractivity contribution in [2.75, 3.05) is 37.6 Å². The number of nitrogens with zero attached hydrogens (tertiary/aromatic N) is 2. The lowest BCUT2D eigenvalue weighted by Crippen LogP contribution is -2.56. The second-order valence-corrected chi connectivity index (χ2v) is 6.38. The van der Waals surface area contributed by atoms with Crippen molar-refractivity contribution in [2.45, 2.75) is 32.7 Å². The maximum Gasteiger partial charge on any atom is 0.0399 e. The molecule has 1 aliphatic carbocycles. The number of benzene rings is 1. The summed E-state index contributed by atoms with van der Waals surface area (Å²) >= 11 is 0. The third kappa shape index (κ3) is 2.45. The van der Waals surface area contributed by atoms with Crippen LogP contribution in [0.25, 0.3) is 0 Å². The van der Waals surface area contributed by atoms with Crippen LogP contribution in [0.15, 0.2) is 18.2 Å². The summed E-state index contributed by atoms with van der Waals surface area (Å²) in [4.78, 5) is 5.22. The number of hydrogen-bond acceptors (Lipinski definition) is 3. The van der Waals surface area contributed by atoms with Crippen molar-refractivity contribution in [3.8, 4) is 0 Å². The zero-order valence-corrected chi connectivity index (χ0v) is 12.8. The molecule has 1 saturated heterocycles. The van der Waals surface area contributed by atoms with Crippen LogP contribution in [0.1, 0.15) is 24.0 Å². The van der Waals surface area contributed by atoms with Gasteiger partial charge in [0.25, 0.3) is 0 Å². The van der Waals surface area contributed by atoms with Crippen LogP contribution in [0.2, 0.25) is 0 Å². The molecule has 2 fully saturated rings. The van der Waals surface area contributed by atoms with E-state index in [1.165, 1.54) is 42.7 Å². The van der Waals surface area contributed by atoms with Gasteiger partial charge in [-0.25, -0.2) is 0 Å². The molecule has 2 unspecified atom stereocenters. The lowest BCUT2D eigenvalue weighted by Gasteiger charge is -2.48. The molecule has 1 heterocycles. The summed E-state index contributed by atoms with van der Waals surface area (Å²) in [5.74, 6) is 0.752. The fraction of sp³-hybridized carbons (Fsp3) is 0.647. The van der Waals surface area contributed by atoms with Gasteiger partial charge < -0.3 is 10.6 Å². The molecular formula is C17H27N3. The zero-order chi connectivity index (χ0) is 14.1. The molecule has 0 amide bonds. The molecule has 0 bridgehead atoms. The lowest BCUT2D eigenvalue weighted by molar-refractivity contribution is 0.0619. The Labute approximate surface area is 122 Å². The molecule has 110 valence electrons. The molecule has 0 radical (unpaired) electrons. The topological polar surface area (TPSA) is 32.5 Å². The van der Waals surface area contributed by atoms with E-state index in [2.05, 4.69) is 41.8 Å². The van der Waals surface area contributed by atoms with Crippen molar-refractivity contribution >= 4 is 5.69 Å². The van der Waals surface area contributed by atoms with Crippen LogP contribution >= 0.6 is 0 Å². The van der Waals surface area contributed by atoms with E-state index in [-0.39, 0.29) is 0 Å². The van der Waals surface area contributed by atoms with E-state index in [1.807, 2.05) is 0 Å². The van der Waals surface area contributed by atoms with E-state index in [1.54, 1.807) is 0 Å². The van der Waals surface area contributed by atoms with Crippen LogP contribution in [0.3, 0.4) is 0 Å². The summed E-state index contributed by atoms with van der Waals surface area (Å²) in [7, 11) is 0. The highest BCUT2D eigenvalue weighted by Crippen LogP contribution is 2.32. The molecule has 20 heavy (non-hydrogen) atoms. The predicted molar refractivity (Wildman–Crippen MR) is 85.3 cm³/mol. The SMILES string of the molecule is Cc1cccc(N2CCN(C3CCC3CN)CC2)c1C. The van der Waals surface area contributed by atoms with Crippen molar-refractivity contribution in [1.29, 1.82) is 0 Å². The molecule has 0 aromatic heterocycles. The van der Waals surface area contributed by atoms with Gasteiger partial charge in [-0.15, -0.1) is 0 Å². The summed E-state index contributed by atoms with van der Waals surface area (Å²) in [6, 6.07) is 7.42. The summed E-state index contributed by atoms with van der Waals surface area (Å²) in [6.45, 7) is 9.99. The predicted octanol–water partition coefficient (Wildman–Crippen LogP) is 2.16. The first-order valence-electron chi connectivity index (χ1n) is 7.96.